The van der Waals surface area contributed by atoms with Gasteiger partial charge in [-0.2, -0.15) is 0 Å². The van der Waals surface area contributed by atoms with Crippen LogP contribution in [0, 0.1) is 0 Å². The molecule has 19 heavy (non-hydrogen) atoms. The molecule has 0 aromatic rings. The number of esters is 1. The van der Waals surface area contributed by atoms with Crippen molar-refractivity contribution in [1.82, 2.24) is 10.6 Å². The standard InChI is InChI=1S/C12H22N2O5/c1-3-5-6-9(11(16)17)14-12(18)13-8-7-10(15)19-4-2/h9H,3-8H2,1-2H3,(H,16,17)(H2,13,14,18)/t9-/m0/s1. The Balaban J connectivity index is 3.93. The van der Waals surface area contributed by atoms with Crippen molar-refractivity contribution in [2.24, 2.45) is 0 Å². The van der Waals surface area contributed by atoms with Gasteiger partial charge >= 0.3 is 18.0 Å². The van der Waals surface area contributed by atoms with Crippen molar-refractivity contribution in [2.75, 3.05) is 13.2 Å². The van der Waals surface area contributed by atoms with Gasteiger partial charge in [-0.1, -0.05) is 19.8 Å². The first-order valence-corrected chi connectivity index (χ1v) is 6.44. The van der Waals surface area contributed by atoms with E-state index in [4.69, 9.17) is 9.84 Å². The summed E-state index contributed by atoms with van der Waals surface area (Å²) in [5.41, 5.74) is 0. The van der Waals surface area contributed by atoms with E-state index >= 15 is 0 Å². The lowest BCUT2D eigenvalue weighted by atomic mass is 10.1. The molecule has 0 aliphatic rings. The van der Waals surface area contributed by atoms with Crippen molar-refractivity contribution in [3.05, 3.63) is 0 Å². The summed E-state index contributed by atoms with van der Waals surface area (Å²) in [4.78, 5) is 33.3. The molecule has 0 spiro atoms. The lowest BCUT2D eigenvalue weighted by Crippen LogP contribution is -2.46. The van der Waals surface area contributed by atoms with Gasteiger partial charge in [-0.05, 0) is 13.3 Å². The third-order valence-corrected chi connectivity index (χ3v) is 2.37. The van der Waals surface area contributed by atoms with Crippen LogP contribution < -0.4 is 10.6 Å². The summed E-state index contributed by atoms with van der Waals surface area (Å²) < 4.78 is 4.69. The largest absolute Gasteiger partial charge is 0.480 e. The Morgan fingerprint density at radius 2 is 1.95 bits per heavy atom. The molecule has 0 fully saturated rings. The number of carbonyl (C=O) groups excluding carboxylic acids is 2. The molecule has 0 aromatic heterocycles. The fourth-order valence-electron chi connectivity index (χ4n) is 1.39. The van der Waals surface area contributed by atoms with Crippen LogP contribution in [0.3, 0.4) is 0 Å². The average Bonchev–Trinajstić information content (AvgIpc) is 2.34. The van der Waals surface area contributed by atoms with Gasteiger partial charge in [-0.25, -0.2) is 9.59 Å². The Morgan fingerprint density at radius 3 is 2.47 bits per heavy atom. The number of amides is 2. The predicted octanol–water partition coefficient (Wildman–Crippen LogP) is 0.882. The summed E-state index contributed by atoms with van der Waals surface area (Å²) in [5, 5.41) is 13.7. The van der Waals surface area contributed by atoms with Gasteiger partial charge in [0.05, 0.1) is 13.0 Å². The molecule has 0 bridgehead atoms. The van der Waals surface area contributed by atoms with Crippen LogP contribution in [0.1, 0.15) is 39.5 Å². The van der Waals surface area contributed by atoms with E-state index in [0.29, 0.717) is 13.0 Å². The fraction of sp³-hybridized carbons (Fsp3) is 0.750. The summed E-state index contributed by atoms with van der Waals surface area (Å²) in [6.07, 6.45) is 2.03. The van der Waals surface area contributed by atoms with E-state index < -0.39 is 24.0 Å². The highest BCUT2D eigenvalue weighted by molar-refractivity contribution is 5.82. The van der Waals surface area contributed by atoms with Crippen LogP contribution in [-0.4, -0.2) is 42.3 Å². The summed E-state index contributed by atoms with van der Waals surface area (Å²) in [7, 11) is 0. The number of carboxylic acids is 1. The van der Waals surface area contributed by atoms with Gasteiger partial charge in [0.1, 0.15) is 6.04 Å². The molecular formula is C12H22N2O5. The Labute approximate surface area is 112 Å². The molecule has 0 saturated heterocycles. The minimum absolute atomic E-state index is 0.0635. The number of aliphatic carboxylic acids is 1. The highest BCUT2D eigenvalue weighted by atomic mass is 16.5. The summed E-state index contributed by atoms with van der Waals surface area (Å²) in [5.74, 6) is -1.46. The number of carboxylic acid groups (broad SMARTS) is 1. The van der Waals surface area contributed by atoms with Crippen molar-refractivity contribution in [3.63, 3.8) is 0 Å². The van der Waals surface area contributed by atoms with Crippen molar-refractivity contribution in [3.8, 4) is 0 Å². The molecule has 7 heteroatoms. The number of urea groups is 1. The monoisotopic (exact) mass is 274 g/mol. The van der Waals surface area contributed by atoms with Gasteiger partial charge in [0, 0.05) is 6.54 Å². The van der Waals surface area contributed by atoms with Gasteiger partial charge in [0.25, 0.3) is 0 Å². The van der Waals surface area contributed by atoms with E-state index in [9.17, 15) is 14.4 Å². The van der Waals surface area contributed by atoms with E-state index in [2.05, 4.69) is 10.6 Å². The molecule has 0 saturated carbocycles. The first-order chi connectivity index (χ1) is 9.01. The number of ether oxygens (including phenoxy) is 1. The van der Waals surface area contributed by atoms with Crippen LogP contribution in [0.15, 0.2) is 0 Å². The fourth-order valence-corrected chi connectivity index (χ4v) is 1.39. The van der Waals surface area contributed by atoms with E-state index in [-0.39, 0.29) is 13.0 Å². The smallest absolute Gasteiger partial charge is 0.326 e. The number of hydrogen-bond acceptors (Lipinski definition) is 4. The normalized spacial score (nSPS) is 11.5. The molecule has 0 aliphatic carbocycles. The summed E-state index contributed by atoms with van der Waals surface area (Å²) in [6, 6.07) is -1.49. The SMILES string of the molecule is CCCC[C@H](NC(=O)NCCC(=O)OCC)C(=O)O. The first-order valence-electron chi connectivity index (χ1n) is 6.44. The Morgan fingerprint density at radius 1 is 1.26 bits per heavy atom. The summed E-state index contributed by atoms with van der Waals surface area (Å²) in [6.45, 7) is 4.05. The van der Waals surface area contributed by atoms with E-state index in [1.165, 1.54) is 0 Å². The maximum atomic E-state index is 11.4. The molecule has 3 N–H and O–H groups in total. The van der Waals surface area contributed by atoms with E-state index in [1.54, 1.807) is 6.92 Å². The van der Waals surface area contributed by atoms with Gasteiger partial charge in [0.15, 0.2) is 0 Å². The number of carbonyl (C=O) groups is 3. The molecule has 0 rings (SSSR count). The van der Waals surface area contributed by atoms with Gasteiger partial charge < -0.3 is 20.5 Å². The van der Waals surface area contributed by atoms with Crippen LogP contribution in [-0.2, 0) is 14.3 Å². The van der Waals surface area contributed by atoms with E-state index in [0.717, 1.165) is 12.8 Å². The van der Waals surface area contributed by atoms with Crippen LogP contribution in [0.4, 0.5) is 4.79 Å². The Kier molecular flexibility index (Phi) is 9.20. The number of hydrogen-bond donors (Lipinski definition) is 3. The van der Waals surface area contributed by atoms with Crippen molar-refractivity contribution in [1.29, 1.82) is 0 Å². The Bertz CT molecular complexity index is 306. The molecular weight excluding hydrogens is 252 g/mol. The molecule has 2 amide bonds. The molecule has 0 radical (unpaired) electrons. The molecule has 0 aliphatic heterocycles. The molecule has 0 unspecified atom stereocenters. The quantitative estimate of drug-likeness (QED) is 0.541. The third-order valence-electron chi connectivity index (χ3n) is 2.37. The minimum Gasteiger partial charge on any atom is -0.480 e. The van der Waals surface area contributed by atoms with Gasteiger partial charge in [-0.15, -0.1) is 0 Å². The topological polar surface area (TPSA) is 105 Å². The van der Waals surface area contributed by atoms with E-state index in [1.807, 2.05) is 6.92 Å². The number of rotatable bonds is 9. The maximum Gasteiger partial charge on any atom is 0.326 e. The Hall–Kier alpha value is -1.79. The van der Waals surface area contributed by atoms with Crippen LogP contribution in [0.25, 0.3) is 0 Å². The molecule has 110 valence electrons. The average molecular weight is 274 g/mol. The second-order valence-corrected chi connectivity index (χ2v) is 3.99. The van der Waals surface area contributed by atoms with Crippen LogP contribution >= 0.6 is 0 Å². The highest BCUT2D eigenvalue weighted by Gasteiger charge is 2.18. The molecule has 0 aromatic carbocycles. The summed E-state index contributed by atoms with van der Waals surface area (Å²) >= 11 is 0. The maximum absolute atomic E-state index is 11.4. The van der Waals surface area contributed by atoms with Crippen molar-refractivity contribution < 1.29 is 24.2 Å². The van der Waals surface area contributed by atoms with Gasteiger partial charge in [0.2, 0.25) is 0 Å². The van der Waals surface area contributed by atoms with Crippen molar-refractivity contribution >= 4 is 18.0 Å². The lowest BCUT2D eigenvalue weighted by molar-refractivity contribution is -0.143. The minimum atomic E-state index is -1.06. The number of unbranched alkanes of at least 4 members (excludes halogenated alkanes) is 1. The van der Waals surface area contributed by atoms with Crippen LogP contribution in [0.2, 0.25) is 0 Å². The van der Waals surface area contributed by atoms with Gasteiger partial charge in [-0.3, -0.25) is 4.79 Å². The molecule has 0 heterocycles. The van der Waals surface area contributed by atoms with Crippen molar-refractivity contribution in [2.45, 2.75) is 45.6 Å². The molecule has 7 nitrogen and oxygen atoms in total. The molecule has 1 atom stereocenters. The van der Waals surface area contributed by atoms with Crippen LogP contribution in [0.5, 0.6) is 0 Å². The second kappa shape index (κ2) is 10.2. The zero-order valence-electron chi connectivity index (χ0n) is 11.4. The lowest BCUT2D eigenvalue weighted by Gasteiger charge is -2.14. The zero-order chi connectivity index (χ0) is 14.7. The predicted molar refractivity (Wildman–Crippen MR) is 68.7 cm³/mol. The zero-order valence-corrected chi connectivity index (χ0v) is 11.4. The third kappa shape index (κ3) is 8.87. The first kappa shape index (κ1) is 17.2. The highest BCUT2D eigenvalue weighted by Crippen LogP contribution is 2.00. The number of nitrogens with one attached hydrogen (secondary N) is 2. The second-order valence-electron chi connectivity index (χ2n) is 3.99.